The van der Waals surface area contributed by atoms with Crippen LogP contribution in [0.3, 0.4) is 0 Å². The van der Waals surface area contributed by atoms with Crippen LogP contribution in [0.15, 0.2) is 83.8 Å². The zero-order valence-corrected chi connectivity index (χ0v) is 17.8. The topological polar surface area (TPSA) is 0 Å². The van der Waals surface area contributed by atoms with Gasteiger partial charge in [-0.2, -0.15) is 0 Å². The number of aryl methyl sites for hydroxylation is 2. The third-order valence-electron chi connectivity index (χ3n) is 5.47. The van der Waals surface area contributed by atoms with Gasteiger partial charge in [-0.1, -0.05) is 78.9 Å². The Labute approximate surface area is 169 Å². The van der Waals surface area contributed by atoms with E-state index in [-0.39, 0.29) is 7.92 Å². The fourth-order valence-electron chi connectivity index (χ4n) is 3.77. The Hall–Kier alpha value is -1.56. The molecule has 1 fully saturated rings. The predicted octanol–water partition coefficient (Wildman–Crippen LogP) is 6.16. The summed E-state index contributed by atoms with van der Waals surface area (Å²) in [7, 11) is -0.241. The Morgan fingerprint density at radius 1 is 0.741 bits per heavy atom. The van der Waals surface area contributed by atoms with Gasteiger partial charge in [0.25, 0.3) is 0 Å². The van der Waals surface area contributed by atoms with Gasteiger partial charge >= 0.3 is 0 Å². The Bertz CT molecular complexity index is 816. The Morgan fingerprint density at radius 2 is 1.30 bits per heavy atom. The summed E-state index contributed by atoms with van der Waals surface area (Å²) in [6.07, 6.45) is 2.73. The van der Waals surface area contributed by atoms with Crippen LogP contribution in [0.1, 0.15) is 17.5 Å². The molecule has 1 aliphatic carbocycles. The lowest BCUT2D eigenvalue weighted by molar-refractivity contribution is 0.852. The van der Waals surface area contributed by atoms with Crippen molar-refractivity contribution in [1.82, 2.24) is 0 Å². The molecule has 2 atom stereocenters. The fraction of sp³-hybridized carbons (Fsp3) is 0.280. The molecule has 1 saturated carbocycles. The number of rotatable bonds is 7. The second-order valence-corrected chi connectivity index (χ2v) is 10.9. The molecule has 0 aromatic heterocycles. The van der Waals surface area contributed by atoms with Crippen molar-refractivity contribution in [2.45, 2.75) is 25.2 Å². The van der Waals surface area contributed by atoms with Gasteiger partial charge in [0.1, 0.15) is 0 Å². The fourth-order valence-corrected chi connectivity index (χ4v) is 7.85. The van der Waals surface area contributed by atoms with Gasteiger partial charge < -0.3 is 0 Å². The average Bonchev–Trinajstić information content (AvgIpc) is 3.45. The van der Waals surface area contributed by atoms with E-state index in [2.05, 4.69) is 104 Å². The first-order valence-electron chi connectivity index (χ1n) is 9.79. The molecule has 0 bridgehead atoms. The number of hydrogen-bond acceptors (Lipinski definition) is 1. The van der Waals surface area contributed by atoms with Crippen LogP contribution in [0.5, 0.6) is 0 Å². The molecule has 0 radical (unpaired) electrons. The summed E-state index contributed by atoms with van der Waals surface area (Å²) >= 11 is 2.07. The number of thioether (sulfide) groups is 1. The molecule has 138 valence electrons. The van der Waals surface area contributed by atoms with Crippen LogP contribution in [0.2, 0.25) is 0 Å². The van der Waals surface area contributed by atoms with Crippen molar-refractivity contribution in [3.8, 4) is 0 Å². The minimum Gasteiger partial charge on any atom is -0.125 e. The SMILES string of the molecule is Cc1cccc(C)c1SC[C@H]1C[C@@H]1CP(c1ccccc1)c1ccccc1. The molecule has 0 N–H and O–H groups in total. The van der Waals surface area contributed by atoms with Crippen molar-refractivity contribution >= 4 is 30.3 Å². The molecule has 0 aliphatic heterocycles. The smallest absolute Gasteiger partial charge is 0.0130 e. The summed E-state index contributed by atoms with van der Waals surface area (Å²) in [5.41, 5.74) is 2.85. The summed E-state index contributed by atoms with van der Waals surface area (Å²) < 4.78 is 0. The molecule has 0 saturated heterocycles. The first-order valence-corrected chi connectivity index (χ1v) is 12.3. The maximum atomic E-state index is 2.32. The number of hydrogen-bond donors (Lipinski definition) is 0. The summed E-state index contributed by atoms with van der Waals surface area (Å²) in [4.78, 5) is 1.50. The molecule has 3 aromatic rings. The zero-order chi connectivity index (χ0) is 18.6. The third-order valence-corrected chi connectivity index (χ3v) is 9.68. The van der Waals surface area contributed by atoms with Crippen LogP contribution in [0.25, 0.3) is 0 Å². The molecule has 0 amide bonds. The van der Waals surface area contributed by atoms with Crippen molar-refractivity contribution < 1.29 is 0 Å². The van der Waals surface area contributed by atoms with Crippen molar-refractivity contribution in [2.24, 2.45) is 11.8 Å². The standard InChI is InChI=1S/C25H27PS/c1-19-10-9-11-20(2)25(19)27-18-22-16-21(22)17-26(23-12-5-3-6-13-23)24-14-7-4-8-15-24/h3-15,21-22H,16-18H2,1-2H3/t21-,22-/m1/s1. The normalized spacial score (nSPS) is 18.6. The molecule has 2 heteroatoms. The van der Waals surface area contributed by atoms with E-state index in [4.69, 9.17) is 0 Å². The summed E-state index contributed by atoms with van der Waals surface area (Å²) in [6.45, 7) is 4.48. The van der Waals surface area contributed by atoms with Gasteiger partial charge in [-0.3, -0.25) is 0 Å². The van der Waals surface area contributed by atoms with Crippen LogP contribution in [-0.2, 0) is 0 Å². The van der Waals surface area contributed by atoms with Crippen LogP contribution in [0.4, 0.5) is 0 Å². The van der Waals surface area contributed by atoms with E-state index in [1.165, 1.54) is 45.0 Å². The van der Waals surface area contributed by atoms with Gasteiger partial charge in [-0.15, -0.1) is 11.8 Å². The van der Waals surface area contributed by atoms with Crippen molar-refractivity contribution in [1.29, 1.82) is 0 Å². The van der Waals surface area contributed by atoms with E-state index in [1.54, 1.807) is 0 Å². The van der Waals surface area contributed by atoms with Gasteiger partial charge in [0, 0.05) is 10.6 Å². The highest BCUT2D eigenvalue weighted by molar-refractivity contribution is 7.99. The predicted molar refractivity (Wildman–Crippen MR) is 122 cm³/mol. The minimum absolute atomic E-state index is 0.241. The summed E-state index contributed by atoms with van der Waals surface area (Å²) in [6, 6.07) is 28.9. The first kappa shape index (κ1) is 18.8. The van der Waals surface area contributed by atoms with Gasteiger partial charge in [0.15, 0.2) is 0 Å². The van der Waals surface area contributed by atoms with Crippen LogP contribution in [0, 0.1) is 25.7 Å². The van der Waals surface area contributed by atoms with Crippen molar-refractivity contribution in [3.63, 3.8) is 0 Å². The maximum absolute atomic E-state index is 2.32. The monoisotopic (exact) mass is 390 g/mol. The molecule has 0 spiro atoms. The minimum atomic E-state index is -0.241. The van der Waals surface area contributed by atoms with Crippen LogP contribution >= 0.6 is 19.7 Å². The molecule has 0 heterocycles. The first-order chi connectivity index (χ1) is 13.2. The average molecular weight is 391 g/mol. The molecular weight excluding hydrogens is 363 g/mol. The lowest BCUT2D eigenvalue weighted by Gasteiger charge is -2.19. The van der Waals surface area contributed by atoms with E-state index in [1.807, 2.05) is 0 Å². The second-order valence-electron chi connectivity index (χ2n) is 7.57. The zero-order valence-electron chi connectivity index (χ0n) is 16.1. The van der Waals surface area contributed by atoms with E-state index in [0.29, 0.717) is 0 Å². The maximum Gasteiger partial charge on any atom is 0.0130 e. The lowest BCUT2D eigenvalue weighted by Crippen LogP contribution is -2.15. The van der Waals surface area contributed by atoms with E-state index in [9.17, 15) is 0 Å². The van der Waals surface area contributed by atoms with E-state index >= 15 is 0 Å². The lowest BCUT2D eigenvalue weighted by atomic mass is 10.2. The number of benzene rings is 3. The van der Waals surface area contributed by atoms with Crippen LogP contribution in [-0.4, -0.2) is 11.9 Å². The summed E-state index contributed by atoms with van der Waals surface area (Å²) in [5, 5.41) is 3.04. The molecule has 0 unspecified atom stereocenters. The van der Waals surface area contributed by atoms with Crippen LogP contribution < -0.4 is 10.6 Å². The van der Waals surface area contributed by atoms with Crippen molar-refractivity contribution in [2.75, 3.05) is 11.9 Å². The molecular formula is C25H27PS. The van der Waals surface area contributed by atoms with Gasteiger partial charge in [0.2, 0.25) is 0 Å². The Morgan fingerprint density at radius 3 is 1.85 bits per heavy atom. The Balaban J connectivity index is 1.42. The van der Waals surface area contributed by atoms with E-state index < -0.39 is 0 Å². The largest absolute Gasteiger partial charge is 0.125 e. The van der Waals surface area contributed by atoms with Gasteiger partial charge in [0.05, 0.1) is 0 Å². The highest BCUT2D eigenvalue weighted by Gasteiger charge is 2.38. The van der Waals surface area contributed by atoms with Gasteiger partial charge in [-0.25, -0.2) is 0 Å². The van der Waals surface area contributed by atoms with Crippen molar-refractivity contribution in [3.05, 3.63) is 90.0 Å². The third kappa shape index (κ3) is 4.65. The molecule has 3 aromatic carbocycles. The Kier molecular flexibility index (Phi) is 6.01. The molecule has 27 heavy (non-hydrogen) atoms. The molecule has 4 rings (SSSR count). The van der Waals surface area contributed by atoms with Gasteiger partial charge in [-0.05, 0) is 67.9 Å². The summed E-state index contributed by atoms with van der Waals surface area (Å²) in [5.74, 6) is 3.03. The quantitative estimate of drug-likeness (QED) is 0.344. The highest BCUT2D eigenvalue weighted by Crippen LogP contribution is 2.50. The second kappa shape index (κ2) is 8.63. The molecule has 0 nitrogen and oxygen atoms in total. The highest BCUT2D eigenvalue weighted by atomic mass is 32.2. The molecule has 1 aliphatic rings. The van der Waals surface area contributed by atoms with E-state index in [0.717, 1.165) is 11.8 Å².